The highest BCUT2D eigenvalue weighted by Crippen LogP contribution is 2.29. The zero-order chi connectivity index (χ0) is 16.3. The molecule has 0 bridgehead atoms. The van der Waals surface area contributed by atoms with Crippen LogP contribution in [0.1, 0.15) is 62.0 Å². The van der Waals surface area contributed by atoms with Crippen molar-refractivity contribution >= 4 is 29.1 Å². The van der Waals surface area contributed by atoms with Gasteiger partial charge in [-0.25, -0.2) is 9.78 Å². The van der Waals surface area contributed by atoms with E-state index in [1.165, 1.54) is 12.5 Å². The average molecular weight is 324 g/mol. The molecular formula is C16H22ClN3O2. The Bertz CT molecular complexity index is 581. The maximum absolute atomic E-state index is 11.2. The van der Waals surface area contributed by atoms with Crippen molar-refractivity contribution < 1.29 is 9.90 Å². The van der Waals surface area contributed by atoms with Gasteiger partial charge in [0.05, 0.1) is 10.6 Å². The van der Waals surface area contributed by atoms with E-state index < -0.39 is 5.97 Å². The normalized spacial score (nSPS) is 15.8. The Labute approximate surface area is 135 Å². The van der Waals surface area contributed by atoms with Gasteiger partial charge in [0, 0.05) is 11.8 Å². The molecule has 0 radical (unpaired) electrons. The van der Waals surface area contributed by atoms with Crippen LogP contribution in [0.4, 0.5) is 5.82 Å². The first-order valence-electron chi connectivity index (χ1n) is 7.69. The zero-order valence-electron chi connectivity index (χ0n) is 12.9. The largest absolute Gasteiger partial charge is 0.477 e. The Balaban J connectivity index is 2.41. The molecule has 0 unspecified atom stereocenters. The molecule has 1 aliphatic rings. The number of carbonyl (C=O) groups is 1. The summed E-state index contributed by atoms with van der Waals surface area (Å²) in [5.74, 6) is -0.700. The Hall–Kier alpha value is -1.62. The van der Waals surface area contributed by atoms with Gasteiger partial charge >= 0.3 is 5.97 Å². The number of carboxylic acids is 1. The number of pyridine rings is 1. The van der Waals surface area contributed by atoms with Crippen molar-refractivity contribution in [3.05, 3.63) is 22.3 Å². The summed E-state index contributed by atoms with van der Waals surface area (Å²) in [6.07, 6.45) is 5.61. The summed E-state index contributed by atoms with van der Waals surface area (Å²) in [7, 11) is 0. The van der Waals surface area contributed by atoms with Crippen LogP contribution in [0.2, 0.25) is 5.02 Å². The molecule has 5 nitrogen and oxygen atoms in total. The van der Waals surface area contributed by atoms with Gasteiger partial charge in [0.1, 0.15) is 5.82 Å². The van der Waals surface area contributed by atoms with Gasteiger partial charge in [0.2, 0.25) is 0 Å². The SMILES string of the molecule is CC(C)C(=N)c1c(Cl)cc(C(=O)O)nc1NC1CCCCC1. The summed E-state index contributed by atoms with van der Waals surface area (Å²) < 4.78 is 0. The molecule has 1 heterocycles. The molecule has 22 heavy (non-hydrogen) atoms. The van der Waals surface area contributed by atoms with Crippen molar-refractivity contribution in [2.24, 2.45) is 5.92 Å². The van der Waals surface area contributed by atoms with Crippen LogP contribution in [-0.2, 0) is 0 Å². The highest BCUT2D eigenvalue weighted by molar-refractivity contribution is 6.35. The maximum Gasteiger partial charge on any atom is 0.354 e. The summed E-state index contributed by atoms with van der Waals surface area (Å²) in [5.41, 5.74) is 0.795. The molecule has 0 aromatic carbocycles. The molecule has 120 valence electrons. The minimum absolute atomic E-state index is 0.0121. The van der Waals surface area contributed by atoms with Gasteiger partial charge in [0.25, 0.3) is 0 Å². The summed E-state index contributed by atoms with van der Waals surface area (Å²) in [6, 6.07) is 1.59. The number of nitrogens with zero attached hydrogens (tertiary/aromatic N) is 1. The van der Waals surface area contributed by atoms with Crippen LogP contribution in [-0.4, -0.2) is 27.8 Å². The van der Waals surface area contributed by atoms with Gasteiger partial charge < -0.3 is 15.8 Å². The molecule has 1 aromatic heterocycles. The van der Waals surface area contributed by atoms with Gasteiger partial charge in [0.15, 0.2) is 5.69 Å². The molecular weight excluding hydrogens is 302 g/mol. The Morgan fingerprint density at radius 3 is 2.59 bits per heavy atom. The van der Waals surface area contributed by atoms with Crippen molar-refractivity contribution in [3.63, 3.8) is 0 Å². The maximum atomic E-state index is 11.2. The van der Waals surface area contributed by atoms with Crippen molar-refractivity contribution in [1.82, 2.24) is 4.98 Å². The minimum atomic E-state index is -1.11. The molecule has 0 amide bonds. The number of aromatic carboxylic acids is 1. The molecule has 1 aliphatic carbocycles. The van der Waals surface area contributed by atoms with Crippen LogP contribution in [0.15, 0.2) is 6.07 Å². The first-order chi connectivity index (χ1) is 10.4. The van der Waals surface area contributed by atoms with E-state index in [0.29, 0.717) is 17.1 Å². The van der Waals surface area contributed by atoms with Crippen LogP contribution >= 0.6 is 11.6 Å². The molecule has 0 atom stereocenters. The zero-order valence-corrected chi connectivity index (χ0v) is 13.7. The predicted molar refractivity (Wildman–Crippen MR) is 88.4 cm³/mol. The van der Waals surface area contributed by atoms with Crippen molar-refractivity contribution in [3.8, 4) is 0 Å². The lowest BCUT2D eigenvalue weighted by Crippen LogP contribution is -2.25. The van der Waals surface area contributed by atoms with Gasteiger partial charge in [-0.2, -0.15) is 0 Å². The molecule has 3 N–H and O–H groups in total. The molecule has 0 saturated heterocycles. The van der Waals surface area contributed by atoms with Crippen molar-refractivity contribution in [2.75, 3.05) is 5.32 Å². The predicted octanol–water partition coefficient (Wildman–Crippen LogP) is 4.20. The number of hydrogen-bond donors (Lipinski definition) is 3. The van der Waals surface area contributed by atoms with E-state index in [0.717, 1.165) is 25.7 Å². The topological polar surface area (TPSA) is 86.1 Å². The van der Waals surface area contributed by atoms with E-state index in [-0.39, 0.29) is 22.7 Å². The molecule has 2 rings (SSSR count). The van der Waals surface area contributed by atoms with Crippen molar-refractivity contribution in [2.45, 2.75) is 52.0 Å². The van der Waals surface area contributed by atoms with Crippen LogP contribution in [0.25, 0.3) is 0 Å². The standard InChI is InChI=1S/C16H22ClN3O2/c1-9(2)14(18)13-11(17)8-12(16(21)22)20-15(13)19-10-6-4-3-5-7-10/h8-10,18H,3-7H2,1-2H3,(H,19,20)(H,21,22). The monoisotopic (exact) mass is 323 g/mol. The highest BCUT2D eigenvalue weighted by Gasteiger charge is 2.22. The van der Waals surface area contributed by atoms with Crippen molar-refractivity contribution in [1.29, 1.82) is 5.41 Å². The first kappa shape index (κ1) is 16.7. The lowest BCUT2D eigenvalue weighted by atomic mass is 9.94. The quantitative estimate of drug-likeness (QED) is 0.709. The molecule has 1 saturated carbocycles. The fourth-order valence-electron chi connectivity index (χ4n) is 2.71. The second-order valence-corrected chi connectivity index (χ2v) is 6.47. The highest BCUT2D eigenvalue weighted by atomic mass is 35.5. The van der Waals surface area contributed by atoms with E-state index in [1.54, 1.807) is 0 Å². The number of hydrogen-bond acceptors (Lipinski definition) is 4. The van der Waals surface area contributed by atoms with E-state index in [2.05, 4.69) is 10.3 Å². The van der Waals surface area contributed by atoms with Gasteiger partial charge in [-0.15, -0.1) is 0 Å². The number of halogens is 1. The second kappa shape index (κ2) is 7.09. The summed E-state index contributed by atoms with van der Waals surface area (Å²) in [6.45, 7) is 3.82. The Morgan fingerprint density at radius 1 is 1.41 bits per heavy atom. The third kappa shape index (κ3) is 3.77. The average Bonchev–Trinajstić information content (AvgIpc) is 2.47. The van der Waals surface area contributed by atoms with Crippen LogP contribution in [0.5, 0.6) is 0 Å². The Morgan fingerprint density at radius 2 is 2.05 bits per heavy atom. The van der Waals surface area contributed by atoms with Gasteiger partial charge in [-0.3, -0.25) is 0 Å². The van der Waals surface area contributed by atoms with E-state index in [1.807, 2.05) is 13.8 Å². The number of anilines is 1. The summed E-state index contributed by atoms with van der Waals surface area (Å²) >= 11 is 6.25. The molecule has 6 heteroatoms. The number of rotatable bonds is 5. The molecule has 0 aliphatic heterocycles. The molecule has 1 aromatic rings. The van der Waals surface area contributed by atoms with Crippen LogP contribution in [0, 0.1) is 11.3 Å². The molecule has 1 fully saturated rings. The van der Waals surface area contributed by atoms with E-state index in [9.17, 15) is 9.90 Å². The Kier molecular flexibility index (Phi) is 5.40. The minimum Gasteiger partial charge on any atom is -0.477 e. The summed E-state index contributed by atoms with van der Waals surface area (Å²) in [5, 5.41) is 21.0. The fourth-order valence-corrected chi connectivity index (χ4v) is 3.01. The lowest BCUT2D eigenvalue weighted by molar-refractivity contribution is 0.0690. The summed E-state index contributed by atoms with van der Waals surface area (Å²) in [4.78, 5) is 15.4. The van der Waals surface area contributed by atoms with Crippen LogP contribution in [0.3, 0.4) is 0 Å². The van der Waals surface area contributed by atoms with E-state index >= 15 is 0 Å². The van der Waals surface area contributed by atoms with E-state index in [4.69, 9.17) is 17.0 Å². The van der Waals surface area contributed by atoms with Gasteiger partial charge in [-0.05, 0) is 24.8 Å². The number of aromatic nitrogens is 1. The van der Waals surface area contributed by atoms with Crippen LogP contribution < -0.4 is 5.32 Å². The number of nitrogens with one attached hydrogen (secondary N) is 2. The fraction of sp³-hybridized carbons (Fsp3) is 0.562. The first-order valence-corrected chi connectivity index (χ1v) is 8.07. The smallest absolute Gasteiger partial charge is 0.354 e. The second-order valence-electron chi connectivity index (χ2n) is 6.07. The van der Waals surface area contributed by atoms with Gasteiger partial charge in [-0.1, -0.05) is 44.7 Å². The third-order valence-electron chi connectivity index (χ3n) is 3.98. The number of carboxylic acid groups (broad SMARTS) is 1. The third-order valence-corrected chi connectivity index (χ3v) is 4.28. The lowest BCUT2D eigenvalue weighted by Gasteiger charge is -2.25. The molecule has 0 spiro atoms.